The molecule has 1 aromatic carbocycles. The molecule has 0 saturated carbocycles. The Labute approximate surface area is 127 Å². The number of benzene rings is 1. The lowest BCUT2D eigenvalue weighted by molar-refractivity contribution is 0.271. The molecule has 2 rings (SSSR count). The third-order valence-electron chi connectivity index (χ3n) is 2.85. The average molecular weight is 390 g/mol. The molecule has 0 aliphatic carbocycles. The van der Waals surface area contributed by atoms with E-state index in [-0.39, 0.29) is 24.6 Å². The minimum absolute atomic E-state index is 0.0814. The highest BCUT2D eigenvalue weighted by atomic mass is 79.9. The van der Waals surface area contributed by atoms with Crippen LogP contribution in [0.1, 0.15) is 25.6 Å². The highest BCUT2D eigenvalue weighted by molar-refractivity contribution is 9.11. The molecule has 0 aliphatic rings. The minimum Gasteiger partial charge on any atom is -0.395 e. The van der Waals surface area contributed by atoms with E-state index in [0.29, 0.717) is 16.7 Å². The van der Waals surface area contributed by atoms with E-state index in [9.17, 15) is 4.79 Å². The Morgan fingerprint density at radius 2 is 2.05 bits per heavy atom. The van der Waals surface area contributed by atoms with Crippen molar-refractivity contribution in [1.82, 2.24) is 9.55 Å². The van der Waals surface area contributed by atoms with Gasteiger partial charge in [-0.25, -0.2) is 4.98 Å². The summed E-state index contributed by atoms with van der Waals surface area (Å²) in [5.74, 6) is 0.800. The molecule has 2 aromatic rings. The van der Waals surface area contributed by atoms with E-state index in [1.807, 2.05) is 19.9 Å². The first-order valence-electron chi connectivity index (χ1n) is 5.96. The van der Waals surface area contributed by atoms with Crippen LogP contribution in [-0.2, 0) is 6.54 Å². The molecule has 1 heterocycles. The number of hydrogen-bond acceptors (Lipinski definition) is 3. The van der Waals surface area contributed by atoms with Gasteiger partial charge in [-0.1, -0.05) is 29.8 Å². The summed E-state index contributed by atoms with van der Waals surface area (Å²) < 4.78 is 3.15. The van der Waals surface area contributed by atoms with E-state index in [1.165, 1.54) is 0 Å². The summed E-state index contributed by atoms with van der Waals surface area (Å²) in [6, 6.07) is 3.63. The second-order valence-corrected chi connectivity index (χ2v) is 6.36. The Morgan fingerprint density at radius 1 is 1.37 bits per heavy atom. The molecule has 0 saturated heterocycles. The zero-order chi connectivity index (χ0) is 14.2. The third kappa shape index (κ3) is 2.75. The third-order valence-corrected chi connectivity index (χ3v) is 3.91. The number of nitrogens with zero attached hydrogens (tertiary/aromatic N) is 2. The highest BCUT2D eigenvalue weighted by Gasteiger charge is 2.15. The fourth-order valence-electron chi connectivity index (χ4n) is 2.02. The van der Waals surface area contributed by atoms with Gasteiger partial charge in [0.2, 0.25) is 0 Å². The molecule has 0 radical (unpaired) electrons. The lowest BCUT2D eigenvalue weighted by atomic mass is 10.1. The average Bonchev–Trinajstić information content (AvgIpc) is 2.33. The molecule has 19 heavy (non-hydrogen) atoms. The van der Waals surface area contributed by atoms with Gasteiger partial charge in [0.05, 0.1) is 24.1 Å². The summed E-state index contributed by atoms with van der Waals surface area (Å²) in [6.45, 7) is 4.14. The van der Waals surface area contributed by atoms with Crippen molar-refractivity contribution in [2.75, 3.05) is 6.61 Å². The van der Waals surface area contributed by atoms with Crippen LogP contribution in [0.25, 0.3) is 10.9 Å². The summed E-state index contributed by atoms with van der Waals surface area (Å²) in [6.07, 6.45) is 0. The molecular weight excluding hydrogens is 376 g/mol. The Bertz CT molecular complexity index is 680. The van der Waals surface area contributed by atoms with Crippen molar-refractivity contribution in [1.29, 1.82) is 0 Å². The summed E-state index contributed by atoms with van der Waals surface area (Å²) >= 11 is 6.81. The first kappa shape index (κ1) is 14.7. The maximum Gasteiger partial charge on any atom is 0.261 e. The van der Waals surface area contributed by atoms with Crippen LogP contribution in [-0.4, -0.2) is 21.3 Å². The Kier molecular flexibility index (Phi) is 4.43. The molecule has 0 fully saturated rings. The number of fused-ring (bicyclic) bond motifs is 1. The molecule has 4 nitrogen and oxygen atoms in total. The fraction of sp³-hybridized carbons (Fsp3) is 0.385. The number of aliphatic hydroxyl groups excluding tert-OH is 1. The normalized spacial score (nSPS) is 11.5. The van der Waals surface area contributed by atoms with Gasteiger partial charge in [-0.2, -0.15) is 0 Å². The van der Waals surface area contributed by atoms with Crippen LogP contribution >= 0.6 is 31.9 Å². The smallest absolute Gasteiger partial charge is 0.261 e. The van der Waals surface area contributed by atoms with E-state index < -0.39 is 0 Å². The molecule has 0 bridgehead atoms. The van der Waals surface area contributed by atoms with Crippen LogP contribution in [0.2, 0.25) is 0 Å². The second-order valence-electron chi connectivity index (χ2n) is 4.59. The molecule has 0 atom stereocenters. The van der Waals surface area contributed by atoms with Crippen LogP contribution < -0.4 is 5.56 Å². The molecule has 1 aromatic heterocycles. The van der Waals surface area contributed by atoms with Crippen molar-refractivity contribution in [2.45, 2.75) is 26.3 Å². The van der Waals surface area contributed by atoms with Gasteiger partial charge in [0.1, 0.15) is 5.82 Å². The number of aromatic nitrogens is 2. The van der Waals surface area contributed by atoms with Gasteiger partial charge >= 0.3 is 0 Å². The van der Waals surface area contributed by atoms with E-state index in [0.717, 1.165) is 8.95 Å². The topological polar surface area (TPSA) is 55.1 Å². The van der Waals surface area contributed by atoms with Crippen molar-refractivity contribution in [3.8, 4) is 0 Å². The molecule has 0 unspecified atom stereocenters. The SMILES string of the molecule is CC(C)c1nc2c(Br)cc(Br)cc2c(=O)n1CCO. The molecule has 0 aliphatic heterocycles. The zero-order valence-electron chi connectivity index (χ0n) is 10.7. The Morgan fingerprint density at radius 3 is 2.63 bits per heavy atom. The van der Waals surface area contributed by atoms with Crippen LogP contribution in [0.5, 0.6) is 0 Å². The first-order valence-corrected chi connectivity index (χ1v) is 7.54. The standard InChI is InChI=1S/C13H14Br2N2O2/c1-7(2)12-16-11-9(5-8(14)6-10(11)15)13(19)17(12)3-4-18/h5-7,18H,3-4H2,1-2H3. The van der Waals surface area contributed by atoms with E-state index in [1.54, 1.807) is 10.6 Å². The van der Waals surface area contributed by atoms with Crippen molar-refractivity contribution in [2.24, 2.45) is 0 Å². The summed E-state index contributed by atoms with van der Waals surface area (Å²) in [4.78, 5) is 17.1. The molecule has 6 heteroatoms. The summed E-state index contributed by atoms with van der Waals surface area (Å²) in [7, 11) is 0. The predicted molar refractivity (Wildman–Crippen MR) is 82.6 cm³/mol. The van der Waals surface area contributed by atoms with Gasteiger partial charge in [0, 0.05) is 14.9 Å². The lowest BCUT2D eigenvalue weighted by Crippen LogP contribution is -2.27. The number of halogens is 2. The summed E-state index contributed by atoms with van der Waals surface area (Å²) in [5.41, 5.74) is 0.538. The quantitative estimate of drug-likeness (QED) is 0.877. The molecule has 0 amide bonds. The Balaban J connectivity index is 2.89. The van der Waals surface area contributed by atoms with Crippen molar-refractivity contribution >= 4 is 42.8 Å². The van der Waals surface area contributed by atoms with Gasteiger partial charge in [-0.05, 0) is 28.1 Å². The monoisotopic (exact) mass is 388 g/mol. The minimum atomic E-state index is -0.121. The molecule has 102 valence electrons. The van der Waals surface area contributed by atoms with Crippen LogP contribution in [0.15, 0.2) is 25.9 Å². The molecular formula is C13H14Br2N2O2. The fourth-order valence-corrected chi connectivity index (χ4v) is 3.34. The van der Waals surface area contributed by atoms with Crippen LogP contribution in [0.3, 0.4) is 0 Å². The highest BCUT2D eigenvalue weighted by Crippen LogP contribution is 2.26. The van der Waals surface area contributed by atoms with Crippen LogP contribution in [0.4, 0.5) is 0 Å². The maximum atomic E-state index is 12.5. The zero-order valence-corrected chi connectivity index (χ0v) is 13.8. The van der Waals surface area contributed by atoms with E-state index in [4.69, 9.17) is 5.11 Å². The van der Waals surface area contributed by atoms with Crippen molar-refractivity contribution in [3.05, 3.63) is 37.3 Å². The number of aliphatic hydroxyl groups is 1. The summed E-state index contributed by atoms with van der Waals surface area (Å²) in [5, 5.41) is 9.67. The second kappa shape index (κ2) is 5.73. The van der Waals surface area contributed by atoms with Gasteiger partial charge in [-0.15, -0.1) is 0 Å². The van der Waals surface area contributed by atoms with E-state index >= 15 is 0 Å². The molecule has 0 spiro atoms. The van der Waals surface area contributed by atoms with E-state index in [2.05, 4.69) is 36.8 Å². The van der Waals surface area contributed by atoms with Crippen molar-refractivity contribution < 1.29 is 5.11 Å². The number of hydrogen-bond donors (Lipinski definition) is 1. The number of rotatable bonds is 3. The first-order chi connectivity index (χ1) is 8.95. The largest absolute Gasteiger partial charge is 0.395 e. The maximum absolute atomic E-state index is 12.5. The van der Waals surface area contributed by atoms with Crippen molar-refractivity contribution in [3.63, 3.8) is 0 Å². The van der Waals surface area contributed by atoms with Gasteiger partial charge in [0.25, 0.3) is 5.56 Å². The predicted octanol–water partition coefficient (Wildman–Crippen LogP) is 3.04. The van der Waals surface area contributed by atoms with Gasteiger partial charge in [0.15, 0.2) is 0 Å². The van der Waals surface area contributed by atoms with Crippen LogP contribution in [0, 0.1) is 0 Å². The Hall–Kier alpha value is -0.720. The molecule has 1 N–H and O–H groups in total. The van der Waals surface area contributed by atoms with Gasteiger partial charge < -0.3 is 5.11 Å². The van der Waals surface area contributed by atoms with Gasteiger partial charge in [-0.3, -0.25) is 9.36 Å². The lowest BCUT2D eigenvalue weighted by Gasteiger charge is -2.15.